The van der Waals surface area contributed by atoms with Crippen molar-refractivity contribution in [3.8, 4) is 11.3 Å². The summed E-state index contributed by atoms with van der Waals surface area (Å²) in [5, 5.41) is 0.856. The van der Waals surface area contributed by atoms with E-state index in [9.17, 15) is 9.59 Å². The van der Waals surface area contributed by atoms with Crippen LogP contribution in [-0.4, -0.2) is 10.9 Å². The summed E-state index contributed by atoms with van der Waals surface area (Å²) in [6.07, 6.45) is 0. The van der Waals surface area contributed by atoms with Gasteiger partial charge in [0.05, 0.1) is 22.9 Å². The highest BCUT2D eigenvalue weighted by Gasteiger charge is 2.27. The van der Waals surface area contributed by atoms with Gasteiger partial charge in [-0.25, -0.2) is 0 Å². The first-order valence-corrected chi connectivity index (χ1v) is 10.8. The molecule has 4 nitrogen and oxygen atoms in total. The Bertz CT molecular complexity index is 1330. The summed E-state index contributed by atoms with van der Waals surface area (Å²) in [5.74, 6) is -0.460. The number of hydrogen-bond acceptors (Lipinski definition) is 2. The molecule has 0 saturated carbocycles. The van der Waals surface area contributed by atoms with Gasteiger partial charge in [-0.15, -0.1) is 0 Å². The quantitative estimate of drug-likeness (QED) is 0.367. The van der Waals surface area contributed by atoms with Crippen molar-refractivity contribution in [1.29, 1.82) is 0 Å². The number of aromatic nitrogens is 1. The highest BCUT2D eigenvalue weighted by Crippen LogP contribution is 2.32. The average Bonchev–Trinajstić information content (AvgIpc) is 2.78. The third-order valence-corrected chi connectivity index (χ3v) is 5.74. The number of aryl methyl sites for hydroxylation is 1. The van der Waals surface area contributed by atoms with Gasteiger partial charge in [-0.05, 0) is 30.7 Å². The van der Waals surface area contributed by atoms with Crippen LogP contribution in [0.25, 0.3) is 11.3 Å². The summed E-state index contributed by atoms with van der Waals surface area (Å²) in [7, 11) is 0. The number of rotatable bonds is 5. The van der Waals surface area contributed by atoms with E-state index in [1.807, 2.05) is 36.4 Å². The molecule has 1 amide bonds. The predicted molar refractivity (Wildman–Crippen MR) is 131 cm³/mol. The van der Waals surface area contributed by atoms with E-state index in [0.29, 0.717) is 32.7 Å². The molecule has 1 N–H and O–H groups in total. The lowest BCUT2D eigenvalue weighted by Gasteiger charge is -2.25. The first kappa shape index (κ1) is 21.9. The number of nitrogens with one attached hydrogen (secondary N) is 1. The predicted octanol–water partition coefficient (Wildman–Crippen LogP) is 6.50. The van der Waals surface area contributed by atoms with Gasteiger partial charge in [-0.2, -0.15) is 0 Å². The van der Waals surface area contributed by atoms with Gasteiger partial charge < -0.3 is 9.88 Å². The molecule has 160 valence electrons. The Morgan fingerprint density at radius 3 is 2.19 bits per heavy atom. The molecule has 6 heteroatoms. The number of nitrogens with zero attached hydrogens (tertiary/aromatic N) is 1. The van der Waals surface area contributed by atoms with Crippen LogP contribution in [0.1, 0.15) is 21.6 Å². The molecule has 0 fully saturated rings. The highest BCUT2D eigenvalue weighted by molar-refractivity contribution is 6.34. The third kappa shape index (κ3) is 4.47. The van der Waals surface area contributed by atoms with E-state index in [1.54, 1.807) is 49.4 Å². The zero-order chi connectivity index (χ0) is 22.7. The fourth-order valence-corrected chi connectivity index (χ4v) is 4.07. The van der Waals surface area contributed by atoms with Gasteiger partial charge in [0.2, 0.25) is 0 Å². The van der Waals surface area contributed by atoms with Crippen molar-refractivity contribution in [2.24, 2.45) is 0 Å². The summed E-state index contributed by atoms with van der Waals surface area (Å²) in [5.41, 5.74) is 2.66. The second kappa shape index (κ2) is 9.43. The number of aromatic amines is 1. The normalized spacial score (nSPS) is 10.7. The first-order chi connectivity index (χ1) is 15.5. The molecule has 0 radical (unpaired) electrons. The SMILES string of the molecule is Cc1cc(=O)c(C(=O)N(Cc2ccccc2)c2ccccc2Cl)c(-c2ccccc2Cl)[nH]1. The molecule has 0 saturated heterocycles. The van der Waals surface area contributed by atoms with E-state index >= 15 is 0 Å². The minimum atomic E-state index is -0.460. The lowest BCUT2D eigenvalue weighted by molar-refractivity contribution is 0.0984. The molecule has 1 aromatic heterocycles. The molecule has 4 aromatic rings. The Labute approximate surface area is 196 Å². The van der Waals surface area contributed by atoms with Crippen molar-refractivity contribution >= 4 is 34.8 Å². The van der Waals surface area contributed by atoms with E-state index in [-0.39, 0.29) is 17.5 Å². The van der Waals surface area contributed by atoms with Crippen LogP contribution in [0, 0.1) is 6.92 Å². The molecule has 0 unspecified atom stereocenters. The van der Waals surface area contributed by atoms with Gasteiger partial charge in [0.25, 0.3) is 5.91 Å². The van der Waals surface area contributed by atoms with Crippen molar-refractivity contribution in [3.63, 3.8) is 0 Å². The maximum atomic E-state index is 13.9. The maximum absolute atomic E-state index is 13.9. The van der Waals surface area contributed by atoms with E-state index in [1.165, 1.54) is 11.0 Å². The molecule has 4 rings (SSSR count). The van der Waals surface area contributed by atoms with Crippen molar-refractivity contribution in [3.05, 3.63) is 122 Å². The molecule has 0 bridgehead atoms. The van der Waals surface area contributed by atoms with Crippen molar-refractivity contribution in [1.82, 2.24) is 4.98 Å². The maximum Gasteiger partial charge on any atom is 0.264 e. The highest BCUT2D eigenvalue weighted by atomic mass is 35.5. The summed E-state index contributed by atoms with van der Waals surface area (Å²) in [6.45, 7) is 2.02. The van der Waals surface area contributed by atoms with Crippen molar-refractivity contribution in [2.45, 2.75) is 13.5 Å². The number of para-hydroxylation sites is 1. The van der Waals surface area contributed by atoms with Crippen LogP contribution in [0.5, 0.6) is 0 Å². The average molecular weight is 463 g/mol. The molecule has 0 aliphatic heterocycles. The van der Waals surface area contributed by atoms with Crippen LogP contribution in [0.3, 0.4) is 0 Å². The molecule has 0 aliphatic rings. The van der Waals surface area contributed by atoms with Gasteiger partial charge >= 0.3 is 0 Å². The van der Waals surface area contributed by atoms with Crippen LogP contribution in [0.4, 0.5) is 5.69 Å². The monoisotopic (exact) mass is 462 g/mol. The van der Waals surface area contributed by atoms with Crippen LogP contribution in [0.2, 0.25) is 10.0 Å². The van der Waals surface area contributed by atoms with E-state index in [4.69, 9.17) is 23.2 Å². The minimum absolute atomic E-state index is 0.0135. The molecule has 0 atom stereocenters. The second-order valence-electron chi connectivity index (χ2n) is 7.37. The largest absolute Gasteiger partial charge is 0.358 e. The fraction of sp³-hybridized carbons (Fsp3) is 0.0769. The summed E-state index contributed by atoms with van der Waals surface area (Å²) in [4.78, 5) is 31.8. The van der Waals surface area contributed by atoms with Crippen LogP contribution >= 0.6 is 23.2 Å². The van der Waals surface area contributed by atoms with Gasteiger partial charge in [0.1, 0.15) is 5.56 Å². The number of anilines is 1. The Kier molecular flexibility index (Phi) is 6.45. The Hall–Kier alpha value is -3.34. The number of benzene rings is 3. The first-order valence-electron chi connectivity index (χ1n) is 10.0. The molecule has 3 aromatic carbocycles. The van der Waals surface area contributed by atoms with Gasteiger partial charge in [-0.3, -0.25) is 9.59 Å². The lowest BCUT2D eigenvalue weighted by Crippen LogP contribution is -2.35. The van der Waals surface area contributed by atoms with Crippen LogP contribution in [0.15, 0.2) is 89.7 Å². The van der Waals surface area contributed by atoms with Gasteiger partial charge in [0.15, 0.2) is 5.43 Å². The molecule has 32 heavy (non-hydrogen) atoms. The minimum Gasteiger partial charge on any atom is -0.358 e. The number of pyridine rings is 1. The number of carbonyl (C=O) groups is 1. The third-order valence-electron chi connectivity index (χ3n) is 5.10. The molecule has 0 aliphatic carbocycles. The summed E-state index contributed by atoms with van der Waals surface area (Å²) >= 11 is 12.9. The smallest absolute Gasteiger partial charge is 0.264 e. The molecular weight excluding hydrogens is 443 g/mol. The Balaban J connectivity index is 1.91. The number of amides is 1. The molecular formula is C26H20Cl2N2O2. The summed E-state index contributed by atoms with van der Waals surface area (Å²) < 4.78 is 0. The van der Waals surface area contributed by atoms with E-state index in [2.05, 4.69) is 4.98 Å². The standard InChI is InChI=1S/C26H20Cl2N2O2/c1-17-15-23(31)24(25(29-17)19-11-5-6-12-20(19)27)26(32)30(16-18-9-3-2-4-10-18)22-14-8-7-13-21(22)28/h2-15H,16H2,1H3,(H,29,31). The van der Waals surface area contributed by atoms with E-state index in [0.717, 1.165) is 5.56 Å². The number of hydrogen-bond donors (Lipinski definition) is 1. The van der Waals surface area contributed by atoms with E-state index < -0.39 is 5.91 Å². The number of H-pyrrole nitrogens is 1. The number of halogens is 2. The molecule has 0 spiro atoms. The Morgan fingerprint density at radius 2 is 1.50 bits per heavy atom. The Morgan fingerprint density at radius 1 is 0.875 bits per heavy atom. The summed E-state index contributed by atoms with van der Waals surface area (Å²) in [6, 6.07) is 25.2. The lowest BCUT2D eigenvalue weighted by atomic mass is 10.0. The van der Waals surface area contributed by atoms with Crippen LogP contribution in [-0.2, 0) is 6.54 Å². The van der Waals surface area contributed by atoms with Crippen LogP contribution < -0.4 is 10.3 Å². The molecule has 1 heterocycles. The second-order valence-corrected chi connectivity index (χ2v) is 8.19. The topological polar surface area (TPSA) is 53.2 Å². The van der Waals surface area contributed by atoms with Gasteiger partial charge in [-0.1, -0.05) is 83.9 Å². The van der Waals surface area contributed by atoms with Gasteiger partial charge in [0, 0.05) is 22.3 Å². The van der Waals surface area contributed by atoms with Crippen molar-refractivity contribution < 1.29 is 4.79 Å². The zero-order valence-electron chi connectivity index (χ0n) is 17.3. The van der Waals surface area contributed by atoms with Crippen molar-refractivity contribution in [2.75, 3.05) is 4.90 Å². The zero-order valence-corrected chi connectivity index (χ0v) is 18.8. The fourth-order valence-electron chi connectivity index (χ4n) is 3.60. The number of carbonyl (C=O) groups excluding carboxylic acids is 1.